The predicted octanol–water partition coefficient (Wildman–Crippen LogP) is 3.13. The quantitative estimate of drug-likeness (QED) is 0.898. The lowest BCUT2D eigenvalue weighted by molar-refractivity contribution is -0.274. The van der Waals surface area contributed by atoms with Crippen LogP contribution in [0.1, 0.15) is 5.56 Å². The van der Waals surface area contributed by atoms with Crippen LogP contribution in [0.2, 0.25) is 0 Å². The SMILES string of the molecule is Cc1c(-c2ccc(OC(F)(F)F)cc2)noc1N. The van der Waals surface area contributed by atoms with Gasteiger partial charge in [-0.05, 0) is 31.2 Å². The van der Waals surface area contributed by atoms with Crippen molar-refractivity contribution in [1.82, 2.24) is 5.16 Å². The Morgan fingerprint density at radius 2 is 1.83 bits per heavy atom. The summed E-state index contributed by atoms with van der Waals surface area (Å²) in [6.45, 7) is 1.71. The molecule has 2 N–H and O–H groups in total. The number of nitrogens with two attached hydrogens (primary N) is 1. The van der Waals surface area contributed by atoms with Crippen LogP contribution >= 0.6 is 0 Å². The third kappa shape index (κ3) is 2.55. The van der Waals surface area contributed by atoms with Gasteiger partial charge in [0, 0.05) is 11.1 Å². The van der Waals surface area contributed by atoms with Crippen LogP contribution in [-0.2, 0) is 0 Å². The number of alkyl halides is 3. The number of hydrogen-bond acceptors (Lipinski definition) is 4. The van der Waals surface area contributed by atoms with Crippen molar-refractivity contribution in [3.8, 4) is 17.0 Å². The van der Waals surface area contributed by atoms with Crippen molar-refractivity contribution in [2.24, 2.45) is 0 Å². The van der Waals surface area contributed by atoms with Crippen LogP contribution in [0.25, 0.3) is 11.3 Å². The van der Waals surface area contributed by atoms with E-state index in [0.29, 0.717) is 16.8 Å². The first-order chi connectivity index (χ1) is 8.37. The molecule has 18 heavy (non-hydrogen) atoms. The number of ether oxygens (including phenoxy) is 1. The van der Waals surface area contributed by atoms with E-state index >= 15 is 0 Å². The largest absolute Gasteiger partial charge is 0.573 e. The minimum Gasteiger partial charge on any atom is -0.406 e. The molecule has 96 valence electrons. The van der Waals surface area contributed by atoms with Gasteiger partial charge in [0.1, 0.15) is 11.4 Å². The van der Waals surface area contributed by atoms with E-state index in [-0.39, 0.29) is 11.6 Å². The van der Waals surface area contributed by atoms with Crippen LogP contribution in [0.4, 0.5) is 19.1 Å². The van der Waals surface area contributed by atoms with Crippen molar-refractivity contribution in [3.63, 3.8) is 0 Å². The van der Waals surface area contributed by atoms with Gasteiger partial charge in [-0.1, -0.05) is 5.16 Å². The molecule has 0 aliphatic carbocycles. The fourth-order valence-electron chi connectivity index (χ4n) is 1.43. The van der Waals surface area contributed by atoms with Gasteiger partial charge >= 0.3 is 6.36 Å². The molecule has 7 heteroatoms. The summed E-state index contributed by atoms with van der Waals surface area (Å²) in [5.41, 5.74) is 7.22. The van der Waals surface area contributed by atoms with Crippen molar-refractivity contribution >= 4 is 5.88 Å². The van der Waals surface area contributed by atoms with Gasteiger partial charge in [0.15, 0.2) is 0 Å². The third-order valence-corrected chi connectivity index (χ3v) is 2.32. The highest BCUT2D eigenvalue weighted by atomic mass is 19.4. The monoisotopic (exact) mass is 258 g/mol. The fraction of sp³-hybridized carbons (Fsp3) is 0.182. The second-order valence-corrected chi connectivity index (χ2v) is 3.59. The van der Waals surface area contributed by atoms with Gasteiger partial charge in [-0.25, -0.2) is 0 Å². The lowest BCUT2D eigenvalue weighted by Crippen LogP contribution is -2.16. The van der Waals surface area contributed by atoms with E-state index in [9.17, 15) is 13.2 Å². The standard InChI is InChI=1S/C11H9F3N2O2/c1-6-9(16-18-10(6)15)7-2-4-8(5-3-7)17-11(12,13)14/h2-5H,15H2,1H3. The molecule has 2 aromatic rings. The molecule has 0 saturated heterocycles. The summed E-state index contributed by atoms with van der Waals surface area (Å²) in [7, 11) is 0. The summed E-state index contributed by atoms with van der Waals surface area (Å²) in [5, 5.41) is 3.73. The Kier molecular flexibility index (Phi) is 2.90. The number of rotatable bonds is 2. The first-order valence-electron chi connectivity index (χ1n) is 4.95. The average Bonchev–Trinajstić information content (AvgIpc) is 2.59. The molecule has 0 saturated carbocycles. The highest BCUT2D eigenvalue weighted by Gasteiger charge is 2.31. The molecular formula is C11H9F3N2O2. The molecule has 0 aliphatic rings. The summed E-state index contributed by atoms with van der Waals surface area (Å²) in [5.74, 6) is -0.110. The number of nitrogens with zero attached hydrogens (tertiary/aromatic N) is 1. The Labute approximate surface area is 100 Å². The Morgan fingerprint density at radius 3 is 2.28 bits per heavy atom. The summed E-state index contributed by atoms with van der Waals surface area (Å²) >= 11 is 0. The number of aromatic nitrogens is 1. The van der Waals surface area contributed by atoms with Gasteiger partial charge < -0.3 is 15.0 Å². The Balaban J connectivity index is 2.25. The van der Waals surface area contributed by atoms with E-state index in [1.165, 1.54) is 24.3 Å². The Bertz CT molecular complexity index is 546. The van der Waals surface area contributed by atoms with Crippen molar-refractivity contribution < 1.29 is 22.4 Å². The maximum atomic E-state index is 12.0. The number of halogens is 3. The van der Waals surface area contributed by atoms with Gasteiger partial charge in [0.2, 0.25) is 5.88 Å². The molecule has 1 heterocycles. The Hall–Kier alpha value is -2.18. The van der Waals surface area contributed by atoms with Crippen LogP contribution in [0.3, 0.4) is 0 Å². The number of hydrogen-bond donors (Lipinski definition) is 1. The average molecular weight is 258 g/mol. The van der Waals surface area contributed by atoms with E-state index in [2.05, 4.69) is 9.89 Å². The van der Waals surface area contributed by atoms with E-state index in [1.807, 2.05) is 0 Å². The van der Waals surface area contributed by atoms with E-state index in [4.69, 9.17) is 10.3 Å². The highest BCUT2D eigenvalue weighted by molar-refractivity contribution is 5.66. The molecule has 1 aromatic heterocycles. The molecule has 0 spiro atoms. The molecule has 2 rings (SSSR count). The highest BCUT2D eigenvalue weighted by Crippen LogP contribution is 2.29. The van der Waals surface area contributed by atoms with E-state index in [0.717, 1.165) is 0 Å². The molecule has 0 fully saturated rings. The smallest absolute Gasteiger partial charge is 0.406 e. The zero-order chi connectivity index (χ0) is 13.3. The topological polar surface area (TPSA) is 61.3 Å². The minimum atomic E-state index is -4.70. The number of anilines is 1. The third-order valence-electron chi connectivity index (χ3n) is 2.32. The maximum absolute atomic E-state index is 12.0. The summed E-state index contributed by atoms with van der Waals surface area (Å²) in [4.78, 5) is 0. The second kappa shape index (κ2) is 4.25. The minimum absolute atomic E-state index is 0.181. The Morgan fingerprint density at radius 1 is 1.22 bits per heavy atom. The molecule has 0 amide bonds. The molecule has 0 radical (unpaired) electrons. The van der Waals surface area contributed by atoms with Crippen LogP contribution < -0.4 is 10.5 Å². The molecule has 0 aliphatic heterocycles. The van der Waals surface area contributed by atoms with Gasteiger partial charge in [-0.3, -0.25) is 0 Å². The van der Waals surface area contributed by atoms with E-state index in [1.54, 1.807) is 6.92 Å². The van der Waals surface area contributed by atoms with Crippen molar-refractivity contribution in [2.75, 3.05) is 5.73 Å². The van der Waals surface area contributed by atoms with E-state index < -0.39 is 6.36 Å². The van der Waals surface area contributed by atoms with Gasteiger partial charge in [-0.2, -0.15) is 0 Å². The number of benzene rings is 1. The van der Waals surface area contributed by atoms with Crippen molar-refractivity contribution in [1.29, 1.82) is 0 Å². The first-order valence-corrected chi connectivity index (χ1v) is 4.95. The van der Waals surface area contributed by atoms with Crippen LogP contribution in [0.15, 0.2) is 28.8 Å². The van der Waals surface area contributed by atoms with Crippen LogP contribution in [0, 0.1) is 6.92 Å². The maximum Gasteiger partial charge on any atom is 0.573 e. The summed E-state index contributed by atoms with van der Waals surface area (Å²) < 4.78 is 44.4. The normalized spacial score (nSPS) is 11.6. The fourth-order valence-corrected chi connectivity index (χ4v) is 1.43. The molecule has 0 unspecified atom stereocenters. The number of nitrogen functional groups attached to an aromatic ring is 1. The lowest BCUT2D eigenvalue weighted by Gasteiger charge is -2.08. The second-order valence-electron chi connectivity index (χ2n) is 3.59. The van der Waals surface area contributed by atoms with Gasteiger partial charge in [0.05, 0.1) is 0 Å². The zero-order valence-corrected chi connectivity index (χ0v) is 9.28. The molecule has 4 nitrogen and oxygen atoms in total. The lowest BCUT2D eigenvalue weighted by atomic mass is 10.1. The molecular weight excluding hydrogens is 249 g/mol. The predicted molar refractivity (Wildman–Crippen MR) is 57.8 cm³/mol. The first kappa shape index (κ1) is 12.3. The van der Waals surface area contributed by atoms with Gasteiger partial charge in [-0.15, -0.1) is 13.2 Å². The van der Waals surface area contributed by atoms with Gasteiger partial charge in [0.25, 0.3) is 0 Å². The summed E-state index contributed by atoms with van der Waals surface area (Å²) in [6.07, 6.45) is -4.70. The molecule has 1 aromatic carbocycles. The van der Waals surface area contributed by atoms with Crippen molar-refractivity contribution in [2.45, 2.75) is 13.3 Å². The van der Waals surface area contributed by atoms with Crippen LogP contribution in [0.5, 0.6) is 5.75 Å². The molecule has 0 atom stereocenters. The molecule has 0 bridgehead atoms. The summed E-state index contributed by atoms with van der Waals surface area (Å²) in [6, 6.07) is 5.30. The van der Waals surface area contributed by atoms with Crippen molar-refractivity contribution in [3.05, 3.63) is 29.8 Å². The van der Waals surface area contributed by atoms with Crippen LogP contribution in [-0.4, -0.2) is 11.5 Å². The zero-order valence-electron chi connectivity index (χ0n) is 9.28.